The van der Waals surface area contributed by atoms with Crippen molar-refractivity contribution in [2.75, 3.05) is 0 Å². The summed E-state index contributed by atoms with van der Waals surface area (Å²) in [6, 6.07) is 0. The van der Waals surface area contributed by atoms with E-state index in [0.717, 1.165) is 23.2 Å². The van der Waals surface area contributed by atoms with Crippen LogP contribution in [0.15, 0.2) is 0 Å². The van der Waals surface area contributed by atoms with Gasteiger partial charge in [0.1, 0.15) is 6.10 Å². The fraction of sp³-hybridized carbons (Fsp3) is 0.765. The van der Waals surface area contributed by atoms with Crippen LogP contribution in [-0.2, 0) is 6.54 Å². The first-order valence-corrected chi connectivity index (χ1v) is 8.13. The normalized spacial score (nSPS) is 26.1. The van der Waals surface area contributed by atoms with Crippen molar-refractivity contribution in [2.45, 2.75) is 66.5 Å². The van der Waals surface area contributed by atoms with Gasteiger partial charge in [0.25, 0.3) is 0 Å². The molecule has 21 heavy (non-hydrogen) atoms. The van der Waals surface area contributed by atoms with Gasteiger partial charge in [-0.15, -0.1) is 5.10 Å². The second-order valence-electron chi connectivity index (χ2n) is 6.88. The highest BCUT2D eigenvalue weighted by Gasteiger charge is 2.33. The standard InChI is InChI=1S/C17H29N3O/c1-10(2)14-7-6-11(3)8-16(14)21-17-15(9-18)12(4)13(5)19-20-17/h10-11,14,16H,6-9,18H2,1-5H3. The largest absolute Gasteiger partial charge is 0.473 e. The maximum Gasteiger partial charge on any atom is 0.238 e. The number of hydrogen-bond donors (Lipinski definition) is 1. The lowest BCUT2D eigenvalue weighted by Crippen LogP contribution is -2.37. The minimum atomic E-state index is 0.232. The minimum absolute atomic E-state index is 0.232. The number of ether oxygens (including phenoxy) is 1. The van der Waals surface area contributed by atoms with Gasteiger partial charge in [0.15, 0.2) is 0 Å². The third kappa shape index (κ3) is 3.54. The molecule has 1 aromatic rings. The van der Waals surface area contributed by atoms with Crippen LogP contribution in [0.3, 0.4) is 0 Å². The Morgan fingerprint density at radius 2 is 1.95 bits per heavy atom. The highest BCUT2D eigenvalue weighted by molar-refractivity contribution is 5.35. The summed E-state index contributed by atoms with van der Waals surface area (Å²) in [5.41, 5.74) is 8.94. The zero-order valence-corrected chi connectivity index (χ0v) is 14.0. The fourth-order valence-corrected chi connectivity index (χ4v) is 3.36. The van der Waals surface area contributed by atoms with E-state index in [0.29, 0.717) is 30.2 Å². The molecule has 118 valence electrons. The van der Waals surface area contributed by atoms with Gasteiger partial charge >= 0.3 is 0 Å². The SMILES string of the molecule is Cc1nnc(OC2CC(C)CCC2C(C)C)c(CN)c1C. The number of rotatable bonds is 4. The van der Waals surface area contributed by atoms with Gasteiger partial charge in [0.2, 0.25) is 5.88 Å². The molecule has 1 aliphatic rings. The van der Waals surface area contributed by atoms with Crippen molar-refractivity contribution in [3.63, 3.8) is 0 Å². The lowest BCUT2D eigenvalue weighted by atomic mass is 9.75. The van der Waals surface area contributed by atoms with Crippen LogP contribution in [0.2, 0.25) is 0 Å². The summed E-state index contributed by atoms with van der Waals surface area (Å²) in [7, 11) is 0. The lowest BCUT2D eigenvalue weighted by Gasteiger charge is -2.37. The van der Waals surface area contributed by atoms with Crippen LogP contribution in [0.1, 0.15) is 56.9 Å². The Hall–Kier alpha value is -1.16. The number of aromatic nitrogens is 2. The van der Waals surface area contributed by atoms with E-state index in [2.05, 4.69) is 31.0 Å². The summed E-state index contributed by atoms with van der Waals surface area (Å²) < 4.78 is 6.30. The van der Waals surface area contributed by atoms with Gasteiger partial charge in [-0.3, -0.25) is 0 Å². The molecule has 1 fully saturated rings. The molecular formula is C17H29N3O. The molecule has 2 N–H and O–H groups in total. The van der Waals surface area contributed by atoms with Crippen molar-refractivity contribution < 1.29 is 4.74 Å². The van der Waals surface area contributed by atoms with E-state index < -0.39 is 0 Å². The molecule has 2 rings (SSSR count). The third-order valence-electron chi connectivity index (χ3n) is 4.97. The number of hydrogen-bond acceptors (Lipinski definition) is 4. The first-order chi connectivity index (χ1) is 9.93. The topological polar surface area (TPSA) is 61.0 Å². The summed E-state index contributed by atoms with van der Waals surface area (Å²) in [5, 5.41) is 8.48. The van der Waals surface area contributed by atoms with Gasteiger partial charge in [0.05, 0.1) is 5.69 Å². The molecule has 4 heteroatoms. The van der Waals surface area contributed by atoms with Crippen molar-refractivity contribution in [2.24, 2.45) is 23.5 Å². The number of aryl methyl sites for hydroxylation is 1. The molecule has 1 heterocycles. The van der Waals surface area contributed by atoms with Crippen LogP contribution >= 0.6 is 0 Å². The van der Waals surface area contributed by atoms with Crippen molar-refractivity contribution in [3.05, 3.63) is 16.8 Å². The third-order valence-corrected chi connectivity index (χ3v) is 4.97. The van der Waals surface area contributed by atoms with Gasteiger partial charge in [-0.05, 0) is 50.0 Å². The van der Waals surface area contributed by atoms with E-state index in [1.54, 1.807) is 0 Å². The molecule has 0 saturated heterocycles. The zero-order valence-electron chi connectivity index (χ0n) is 14.0. The summed E-state index contributed by atoms with van der Waals surface area (Å²) >= 11 is 0. The number of nitrogens with zero attached hydrogens (tertiary/aromatic N) is 2. The molecule has 0 radical (unpaired) electrons. The summed E-state index contributed by atoms with van der Waals surface area (Å²) in [5.74, 6) is 2.58. The minimum Gasteiger partial charge on any atom is -0.473 e. The maximum absolute atomic E-state index is 6.30. The van der Waals surface area contributed by atoms with E-state index in [9.17, 15) is 0 Å². The first-order valence-electron chi connectivity index (χ1n) is 8.13. The van der Waals surface area contributed by atoms with Crippen molar-refractivity contribution in [3.8, 4) is 5.88 Å². The molecular weight excluding hydrogens is 262 g/mol. The van der Waals surface area contributed by atoms with E-state index >= 15 is 0 Å². The quantitative estimate of drug-likeness (QED) is 0.923. The average Bonchev–Trinajstić information content (AvgIpc) is 2.43. The molecule has 1 aliphatic carbocycles. The van der Waals surface area contributed by atoms with Crippen molar-refractivity contribution in [1.82, 2.24) is 10.2 Å². The van der Waals surface area contributed by atoms with Gasteiger partial charge in [-0.25, -0.2) is 0 Å². The molecule has 0 amide bonds. The molecule has 3 unspecified atom stereocenters. The lowest BCUT2D eigenvalue weighted by molar-refractivity contribution is 0.0410. The highest BCUT2D eigenvalue weighted by Crippen LogP contribution is 2.36. The second-order valence-corrected chi connectivity index (χ2v) is 6.88. The molecule has 0 bridgehead atoms. The summed E-state index contributed by atoms with van der Waals surface area (Å²) in [6.45, 7) is 11.3. The van der Waals surface area contributed by atoms with Crippen LogP contribution in [0, 0.1) is 31.6 Å². The average molecular weight is 291 g/mol. The molecule has 0 spiro atoms. The van der Waals surface area contributed by atoms with Crippen molar-refractivity contribution >= 4 is 0 Å². The second kappa shape index (κ2) is 6.73. The van der Waals surface area contributed by atoms with Crippen molar-refractivity contribution in [1.29, 1.82) is 0 Å². The molecule has 3 atom stereocenters. The van der Waals surface area contributed by atoms with Gasteiger partial charge in [-0.2, -0.15) is 5.10 Å². The highest BCUT2D eigenvalue weighted by atomic mass is 16.5. The van der Waals surface area contributed by atoms with E-state index in [4.69, 9.17) is 10.5 Å². The Morgan fingerprint density at radius 1 is 1.24 bits per heavy atom. The smallest absolute Gasteiger partial charge is 0.238 e. The first kappa shape index (κ1) is 16.2. The molecule has 0 aliphatic heterocycles. The zero-order chi connectivity index (χ0) is 15.6. The van der Waals surface area contributed by atoms with Gasteiger partial charge < -0.3 is 10.5 Å². The molecule has 0 aromatic carbocycles. The Labute approximate surface area is 128 Å². The van der Waals surface area contributed by atoms with Crippen LogP contribution in [-0.4, -0.2) is 16.3 Å². The number of nitrogens with two attached hydrogens (primary N) is 1. The predicted octanol–water partition coefficient (Wildman–Crippen LogP) is 3.39. The van der Waals surface area contributed by atoms with Crippen LogP contribution in [0.5, 0.6) is 5.88 Å². The Balaban J connectivity index is 2.24. The molecule has 1 saturated carbocycles. The summed E-state index contributed by atoms with van der Waals surface area (Å²) in [6.07, 6.45) is 3.86. The van der Waals surface area contributed by atoms with Crippen LogP contribution < -0.4 is 10.5 Å². The van der Waals surface area contributed by atoms with Gasteiger partial charge in [0, 0.05) is 12.1 Å². The van der Waals surface area contributed by atoms with E-state index in [1.807, 2.05) is 13.8 Å². The predicted molar refractivity (Wildman–Crippen MR) is 85.2 cm³/mol. The fourth-order valence-electron chi connectivity index (χ4n) is 3.36. The Bertz CT molecular complexity index is 487. The Morgan fingerprint density at radius 3 is 2.57 bits per heavy atom. The van der Waals surface area contributed by atoms with E-state index in [-0.39, 0.29) is 6.10 Å². The van der Waals surface area contributed by atoms with Crippen LogP contribution in [0.25, 0.3) is 0 Å². The Kier molecular flexibility index (Phi) is 5.20. The van der Waals surface area contributed by atoms with Crippen LogP contribution in [0.4, 0.5) is 0 Å². The van der Waals surface area contributed by atoms with E-state index in [1.165, 1.54) is 12.8 Å². The van der Waals surface area contributed by atoms with Gasteiger partial charge in [-0.1, -0.05) is 27.2 Å². The monoisotopic (exact) mass is 291 g/mol. The molecule has 4 nitrogen and oxygen atoms in total. The molecule has 1 aromatic heterocycles. The summed E-state index contributed by atoms with van der Waals surface area (Å²) in [4.78, 5) is 0. The maximum atomic E-state index is 6.30.